The van der Waals surface area contributed by atoms with Gasteiger partial charge in [0.1, 0.15) is 0 Å². The minimum absolute atomic E-state index is 0.0862. The molecule has 0 heterocycles. The molecule has 0 atom stereocenters. The zero-order chi connectivity index (χ0) is 10.5. The van der Waals surface area contributed by atoms with Gasteiger partial charge in [0.2, 0.25) is 0 Å². The van der Waals surface area contributed by atoms with Gasteiger partial charge < -0.3 is 0 Å². The van der Waals surface area contributed by atoms with Crippen molar-refractivity contribution in [1.82, 2.24) is 0 Å². The number of rotatable bonds is 3. The summed E-state index contributed by atoms with van der Waals surface area (Å²) in [6.07, 6.45) is 0. The number of hydrogen-bond donors (Lipinski definition) is 0. The second-order valence-corrected chi connectivity index (χ2v) is 9.73. The van der Waals surface area contributed by atoms with Crippen molar-refractivity contribution in [3.05, 3.63) is 60.7 Å². The molecule has 0 N–H and O–H groups in total. The molecule has 0 aromatic heterocycles. The van der Waals surface area contributed by atoms with Gasteiger partial charge in [0, 0.05) is 0 Å². The van der Waals surface area contributed by atoms with E-state index in [1.54, 1.807) is 0 Å². The summed E-state index contributed by atoms with van der Waals surface area (Å²) < 4.78 is 0. The van der Waals surface area contributed by atoms with E-state index in [1.165, 1.54) is 10.6 Å². The molecule has 0 nitrogen and oxygen atoms in total. The van der Waals surface area contributed by atoms with Crippen LogP contribution in [-0.2, 0) is 0 Å². The summed E-state index contributed by atoms with van der Waals surface area (Å²) in [4.78, 5) is 0. The Morgan fingerprint density at radius 2 is 1.13 bits per heavy atom. The van der Waals surface area contributed by atoms with E-state index in [2.05, 4.69) is 76.4 Å². The van der Waals surface area contributed by atoms with Crippen LogP contribution in [0, 0.1) is 0 Å². The topological polar surface area (TPSA) is 0 Å². The molecule has 70 valence electrons. The van der Waals surface area contributed by atoms with Gasteiger partial charge >= 0.3 is 106 Å². The van der Waals surface area contributed by atoms with Gasteiger partial charge in [-0.15, -0.1) is 0 Å². The Morgan fingerprint density at radius 3 is 1.47 bits per heavy atom. The van der Waals surface area contributed by atoms with Gasteiger partial charge in [-0.05, 0) is 0 Å². The first kappa shape index (κ1) is 11.5. The minimum atomic E-state index is -0.0862. The summed E-state index contributed by atoms with van der Waals surface area (Å²) >= 11 is 3.00. The predicted molar refractivity (Wildman–Crippen MR) is 70.6 cm³/mol. The third-order valence-electron chi connectivity index (χ3n) is 2.16. The average Bonchev–Trinajstić information content (AvgIpc) is 2.33. The monoisotopic (exact) mass is 272 g/mol. The first-order chi connectivity index (χ1) is 7.42. The van der Waals surface area contributed by atoms with E-state index in [4.69, 9.17) is 0 Å². The molecule has 0 aliphatic rings. The number of benzene rings is 2. The Hall–Kier alpha value is -0.0131. The van der Waals surface area contributed by atoms with Crippen molar-refractivity contribution < 1.29 is 0 Å². The molecule has 0 aliphatic heterocycles. The standard InChI is InChI=1S/C12H10PSe.Li/c14-13(11-7-3-1-4-8-11)12-9-5-2-6-10-12;/h1-10H;/q-1;+1. The molecule has 0 saturated carbocycles. The zero-order valence-corrected chi connectivity index (χ0v) is 11.2. The number of hydrogen-bond acceptors (Lipinski definition) is 0. The first-order valence-corrected chi connectivity index (χ1v) is 10.1. The molecule has 2 rings (SSSR count). The zero-order valence-electron chi connectivity index (χ0n) is 8.63. The summed E-state index contributed by atoms with van der Waals surface area (Å²) in [6, 6.07) is 21.7. The van der Waals surface area contributed by atoms with Crippen molar-refractivity contribution in [1.29, 1.82) is 0 Å². The third kappa shape index (κ3) is 2.98. The van der Waals surface area contributed by atoms with Gasteiger partial charge in [-0.2, -0.15) is 0 Å². The third-order valence-corrected chi connectivity index (χ3v) is 9.02. The van der Waals surface area contributed by atoms with E-state index >= 15 is 0 Å². The molecule has 0 saturated heterocycles. The summed E-state index contributed by atoms with van der Waals surface area (Å²) in [5.41, 5.74) is 0. The maximum atomic E-state index is 2.33. The van der Waals surface area contributed by atoms with E-state index in [0.29, 0.717) is 12.3 Å². The Kier molecular flexibility index (Phi) is 4.52. The molecule has 0 radical (unpaired) electrons. The maximum absolute atomic E-state index is 2.33. The fourth-order valence-corrected chi connectivity index (χ4v) is 7.28. The Labute approximate surface area is 105 Å². The molecule has 0 unspecified atom stereocenters. The molecule has 0 bridgehead atoms. The van der Waals surface area contributed by atoms with Gasteiger partial charge in [-0.1, -0.05) is 0 Å². The van der Waals surface area contributed by atoms with E-state index in [9.17, 15) is 0 Å². The van der Waals surface area contributed by atoms with Gasteiger partial charge in [-0.3, -0.25) is 0 Å². The van der Waals surface area contributed by atoms with Gasteiger partial charge in [-0.25, -0.2) is 0 Å². The Morgan fingerprint density at radius 1 is 0.733 bits per heavy atom. The van der Waals surface area contributed by atoms with Crippen LogP contribution in [0.3, 0.4) is 0 Å². The summed E-state index contributed by atoms with van der Waals surface area (Å²) in [5, 5.41) is 3.00. The van der Waals surface area contributed by atoms with Crippen LogP contribution in [-0.4, -0.2) is 28.1 Å². The van der Waals surface area contributed by atoms with Crippen LogP contribution in [0.4, 0.5) is 0 Å². The van der Waals surface area contributed by atoms with Crippen molar-refractivity contribution in [3.8, 4) is 0 Å². The Bertz CT molecular complexity index is 365. The summed E-state index contributed by atoms with van der Waals surface area (Å²) in [7, 11) is 0. The first-order valence-electron chi connectivity index (χ1n) is 4.86. The Balaban J connectivity index is 2.34. The van der Waals surface area contributed by atoms with Gasteiger partial charge in [0.15, 0.2) is 0 Å². The molecule has 2 aromatic rings. The van der Waals surface area contributed by atoms with E-state index in [-0.39, 0.29) is 6.61 Å². The second-order valence-electron chi connectivity index (χ2n) is 3.15. The van der Waals surface area contributed by atoms with Crippen molar-refractivity contribution in [2.24, 2.45) is 0 Å². The summed E-state index contributed by atoms with van der Waals surface area (Å²) in [5.74, 6) is 0. The molecule has 0 amide bonds. The van der Waals surface area contributed by atoms with Crippen LogP contribution in [0.1, 0.15) is 0 Å². The predicted octanol–water partition coefficient (Wildman–Crippen LogP) is 1.82. The van der Waals surface area contributed by atoms with Crippen LogP contribution >= 0.6 is 6.61 Å². The van der Waals surface area contributed by atoms with Crippen LogP contribution < -0.4 is 10.6 Å². The fraction of sp³-hybridized carbons (Fsp3) is 0. The van der Waals surface area contributed by atoms with Crippen LogP contribution in [0.25, 0.3) is 0 Å². The molecular weight excluding hydrogens is 261 g/mol. The van der Waals surface area contributed by atoms with Gasteiger partial charge in [0.25, 0.3) is 0 Å². The molecule has 2 aromatic carbocycles. The normalized spacial score (nSPS) is 10.6. The van der Waals surface area contributed by atoms with Gasteiger partial charge in [0.05, 0.1) is 0 Å². The van der Waals surface area contributed by atoms with Crippen LogP contribution in [0.5, 0.6) is 0 Å². The second kappa shape index (κ2) is 5.91. The summed E-state index contributed by atoms with van der Waals surface area (Å²) in [6.45, 7) is -0.0862. The van der Waals surface area contributed by atoms with Crippen LogP contribution in [0.15, 0.2) is 60.7 Å². The van der Waals surface area contributed by atoms with E-state index in [1.807, 2.05) is 0 Å². The molecule has 3 heteroatoms. The molecule has 0 fully saturated rings. The average molecular weight is 271 g/mol. The van der Waals surface area contributed by atoms with Crippen LogP contribution in [0.2, 0.25) is 0 Å². The quantitative estimate of drug-likeness (QED) is 0.590. The SMILES string of the molecule is [Li][Se]P(c1ccccc1)c1ccccc1. The molecule has 15 heavy (non-hydrogen) atoms. The van der Waals surface area contributed by atoms with Crippen molar-refractivity contribution in [2.45, 2.75) is 0 Å². The van der Waals surface area contributed by atoms with Crippen molar-refractivity contribution in [3.63, 3.8) is 0 Å². The van der Waals surface area contributed by atoms with E-state index < -0.39 is 0 Å². The molecular formula is C12H10LiPSe. The van der Waals surface area contributed by atoms with Crippen molar-refractivity contribution >= 4 is 45.3 Å². The fourth-order valence-electron chi connectivity index (χ4n) is 1.49. The van der Waals surface area contributed by atoms with Crippen molar-refractivity contribution in [2.75, 3.05) is 0 Å². The molecule has 0 aliphatic carbocycles. The molecule has 0 spiro atoms. The van der Waals surface area contributed by atoms with E-state index in [0.717, 1.165) is 0 Å².